The van der Waals surface area contributed by atoms with Gasteiger partial charge in [0.1, 0.15) is 12.1 Å². The van der Waals surface area contributed by atoms with Crippen LogP contribution >= 0.6 is 12.4 Å². The van der Waals surface area contributed by atoms with E-state index in [1.165, 1.54) is 0 Å². The number of nitrogens with two attached hydrogens (primary N) is 1. The van der Waals surface area contributed by atoms with Gasteiger partial charge in [-0.2, -0.15) is 0 Å². The predicted molar refractivity (Wildman–Crippen MR) is 83.5 cm³/mol. The van der Waals surface area contributed by atoms with Crippen molar-refractivity contribution in [1.82, 2.24) is 4.98 Å². The summed E-state index contributed by atoms with van der Waals surface area (Å²) in [6.45, 7) is 2.21. The minimum atomic E-state index is -0.0535. The van der Waals surface area contributed by atoms with E-state index in [0.29, 0.717) is 42.1 Å². The van der Waals surface area contributed by atoms with Crippen LogP contribution in [0.1, 0.15) is 25.7 Å². The summed E-state index contributed by atoms with van der Waals surface area (Å²) in [6, 6.07) is 5.37. The highest BCUT2D eigenvalue weighted by molar-refractivity contribution is 5.92. The van der Waals surface area contributed by atoms with Gasteiger partial charge in [-0.05, 0) is 31.5 Å². The number of carbonyl (C=O) groups is 1. The van der Waals surface area contributed by atoms with Gasteiger partial charge in [0.25, 0.3) is 0 Å². The number of hydrogen-bond donors (Lipinski definition) is 2. The topological polar surface area (TPSA) is 90.4 Å². The maximum atomic E-state index is 11.7. The first-order valence-corrected chi connectivity index (χ1v) is 6.52. The van der Waals surface area contributed by atoms with Crippen LogP contribution in [0.2, 0.25) is 0 Å². The second kappa shape index (κ2) is 7.97. The molecule has 0 aliphatic heterocycles. The summed E-state index contributed by atoms with van der Waals surface area (Å²) in [7, 11) is 1.58. The Labute approximate surface area is 129 Å². The molecule has 0 radical (unpaired) electrons. The highest BCUT2D eigenvalue weighted by Crippen LogP contribution is 2.20. The molecule has 2 aromatic rings. The van der Waals surface area contributed by atoms with Gasteiger partial charge in [-0.25, -0.2) is 4.98 Å². The largest absolute Gasteiger partial charge is 0.438 e. The Morgan fingerprint density at radius 3 is 2.95 bits per heavy atom. The van der Waals surface area contributed by atoms with Gasteiger partial charge in [0.05, 0.1) is 0 Å². The van der Waals surface area contributed by atoms with Crippen LogP contribution < -0.4 is 11.1 Å². The molecule has 3 N–H and O–H groups in total. The summed E-state index contributed by atoms with van der Waals surface area (Å²) < 4.78 is 10.5. The number of nitrogens with one attached hydrogen (secondary N) is 1. The zero-order chi connectivity index (χ0) is 14.5. The zero-order valence-corrected chi connectivity index (χ0v) is 12.9. The molecule has 2 rings (SSSR count). The van der Waals surface area contributed by atoms with Gasteiger partial charge in [-0.3, -0.25) is 4.79 Å². The number of halogens is 1. The summed E-state index contributed by atoms with van der Waals surface area (Å²) in [5, 5.41) is 2.82. The molecular weight excluding hydrogens is 294 g/mol. The molecule has 1 atom stereocenters. The van der Waals surface area contributed by atoms with Crippen molar-refractivity contribution in [1.29, 1.82) is 0 Å². The van der Waals surface area contributed by atoms with E-state index in [1.807, 2.05) is 6.92 Å². The normalized spacial score (nSPS) is 12.0. The molecule has 1 heterocycles. The number of methoxy groups -OCH3 is 1. The highest BCUT2D eigenvalue weighted by atomic mass is 35.5. The third-order valence-corrected chi connectivity index (χ3v) is 2.81. The van der Waals surface area contributed by atoms with Gasteiger partial charge in [0, 0.05) is 25.3 Å². The molecule has 0 aliphatic carbocycles. The van der Waals surface area contributed by atoms with Gasteiger partial charge >= 0.3 is 0 Å². The number of hydrogen-bond acceptors (Lipinski definition) is 5. The minimum Gasteiger partial charge on any atom is -0.438 e. The van der Waals surface area contributed by atoms with Crippen molar-refractivity contribution in [3.63, 3.8) is 0 Å². The third kappa shape index (κ3) is 5.00. The molecule has 1 aromatic carbocycles. The number of nitrogens with zero attached hydrogens (tertiary/aromatic N) is 1. The van der Waals surface area contributed by atoms with Crippen LogP contribution in [0.25, 0.3) is 11.1 Å². The molecule has 1 unspecified atom stereocenters. The number of benzene rings is 1. The number of rotatable bonds is 6. The summed E-state index contributed by atoms with van der Waals surface area (Å²) in [4.78, 5) is 16.0. The van der Waals surface area contributed by atoms with E-state index < -0.39 is 0 Å². The average molecular weight is 314 g/mol. The van der Waals surface area contributed by atoms with Crippen LogP contribution in [0.3, 0.4) is 0 Å². The monoisotopic (exact) mass is 313 g/mol. The van der Waals surface area contributed by atoms with Crippen LogP contribution in [0.15, 0.2) is 22.6 Å². The maximum Gasteiger partial charge on any atom is 0.224 e. The third-order valence-electron chi connectivity index (χ3n) is 2.81. The fraction of sp³-hybridized carbons (Fsp3) is 0.429. The second-order valence-electron chi connectivity index (χ2n) is 4.79. The predicted octanol–water partition coefficient (Wildman–Crippen LogP) is 2.46. The van der Waals surface area contributed by atoms with Crippen molar-refractivity contribution in [3.05, 3.63) is 24.1 Å². The number of ether oxygens (including phenoxy) is 1. The van der Waals surface area contributed by atoms with E-state index in [0.717, 1.165) is 0 Å². The van der Waals surface area contributed by atoms with E-state index in [1.54, 1.807) is 25.3 Å². The lowest BCUT2D eigenvalue weighted by Gasteiger charge is -2.06. The number of carbonyl (C=O) groups excluding carboxylic acids is 1. The molecule has 21 heavy (non-hydrogen) atoms. The molecule has 1 aromatic heterocycles. The van der Waals surface area contributed by atoms with Crippen molar-refractivity contribution < 1.29 is 13.9 Å². The summed E-state index contributed by atoms with van der Waals surface area (Å²) >= 11 is 0. The lowest BCUT2D eigenvalue weighted by molar-refractivity contribution is -0.116. The van der Waals surface area contributed by atoms with Gasteiger partial charge in [0.15, 0.2) is 5.58 Å². The standard InChI is InChI=1S/C14H19N3O3.ClH/c1-9(15)3-6-13(18)16-10-4-5-12-11(7-10)17-14(20-12)8-19-2;/h4-5,7,9H,3,6,8,15H2,1-2H3,(H,16,18);1H. The summed E-state index contributed by atoms with van der Waals surface area (Å²) in [5.74, 6) is 0.463. The molecule has 0 aliphatic rings. The first-order valence-electron chi connectivity index (χ1n) is 6.52. The Morgan fingerprint density at radius 2 is 2.29 bits per heavy atom. The molecule has 7 heteroatoms. The lowest BCUT2D eigenvalue weighted by Crippen LogP contribution is -2.19. The summed E-state index contributed by atoms with van der Waals surface area (Å²) in [6.07, 6.45) is 1.07. The number of oxazole rings is 1. The van der Waals surface area contributed by atoms with E-state index >= 15 is 0 Å². The van der Waals surface area contributed by atoms with Crippen molar-refractivity contribution >= 4 is 35.1 Å². The van der Waals surface area contributed by atoms with Gasteiger partial charge in [0.2, 0.25) is 11.8 Å². The smallest absolute Gasteiger partial charge is 0.224 e. The van der Waals surface area contributed by atoms with Gasteiger partial charge in [-0.1, -0.05) is 0 Å². The van der Waals surface area contributed by atoms with Crippen LogP contribution in [0, 0.1) is 0 Å². The first kappa shape index (κ1) is 17.4. The van der Waals surface area contributed by atoms with Crippen molar-refractivity contribution in [3.8, 4) is 0 Å². The van der Waals surface area contributed by atoms with Gasteiger partial charge < -0.3 is 20.2 Å². The van der Waals surface area contributed by atoms with E-state index in [2.05, 4.69) is 10.3 Å². The Morgan fingerprint density at radius 1 is 1.52 bits per heavy atom. The lowest BCUT2D eigenvalue weighted by atomic mass is 10.2. The van der Waals surface area contributed by atoms with Gasteiger partial charge in [-0.15, -0.1) is 12.4 Å². The Hall–Kier alpha value is -1.63. The Bertz CT molecular complexity index is 598. The minimum absolute atomic E-state index is 0. The maximum absolute atomic E-state index is 11.7. The number of anilines is 1. The van der Waals surface area contributed by atoms with E-state index in [9.17, 15) is 4.79 Å². The molecule has 0 fully saturated rings. The van der Waals surface area contributed by atoms with Crippen LogP contribution in [-0.4, -0.2) is 24.0 Å². The first-order chi connectivity index (χ1) is 9.58. The fourth-order valence-electron chi connectivity index (χ4n) is 1.82. The molecule has 6 nitrogen and oxygen atoms in total. The van der Waals surface area contributed by atoms with Crippen LogP contribution in [0.4, 0.5) is 5.69 Å². The SMILES string of the molecule is COCc1nc2cc(NC(=O)CCC(C)N)ccc2o1.Cl. The molecule has 0 bridgehead atoms. The fourth-order valence-corrected chi connectivity index (χ4v) is 1.82. The van der Waals surface area contributed by atoms with E-state index in [-0.39, 0.29) is 24.4 Å². The number of aromatic nitrogens is 1. The van der Waals surface area contributed by atoms with E-state index in [4.69, 9.17) is 14.9 Å². The quantitative estimate of drug-likeness (QED) is 0.855. The molecule has 1 amide bonds. The van der Waals surface area contributed by atoms with Crippen molar-refractivity contribution in [2.75, 3.05) is 12.4 Å². The second-order valence-corrected chi connectivity index (χ2v) is 4.79. The molecule has 116 valence electrons. The molecule has 0 saturated carbocycles. The molecular formula is C14H20ClN3O3. The zero-order valence-electron chi connectivity index (χ0n) is 12.1. The van der Waals surface area contributed by atoms with Crippen molar-refractivity contribution in [2.45, 2.75) is 32.4 Å². The Kier molecular flexibility index (Phi) is 6.61. The number of fused-ring (bicyclic) bond motifs is 1. The Balaban J connectivity index is 0.00000220. The highest BCUT2D eigenvalue weighted by Gasteiger charge is 2.08. The van der Waals surface area contributed by atoms with Crippen LogP contribution in [-0.2, 0) is 16.1 Å². The molecule has 0 saturated heterocycles. The molecule has 0 spiro atoms. The number of amides is 1. The average Bonchev–Trinajstić information content (AvgIpc) is 2.78. The van der Waals surface area contributed by atoms with Crippen LogP contribution in [0.5, 0.6) is 0 Å². The summed E-state index contributed by atoms with van der Waals surface area (Å²) in [5.41, 5.74) is 7.69. The van der Waals surface area contributed by atoms with Crippen molar-refractivity contribution in [2.24, 2.45) is 5.73 Å².